The Morgan fingerprint density at radius 2 is 1.89 bits per heavy atom. The molecule has 6 heteroatoms. The predicted molar refractivity (Wildman–Crippen MR) is 66.7 cm³/mol. The number of carbonyl (C=O) groups excluding carboxylic acids is 1. The van der Waals surface area contributed by atoms with Gasteiger partial charge in [-0.3, -0.25) is 4.79 Å². The molecule has 0 aliphatic carbocycles. The maximum absolute atomic E-state index is 12.3. The van der Waals surface area contributed by atoms with E-state index in [-0.39, 0.29) is 11.6 Å². The number of rotatable bonds is 5. The Labute approximate surface area is 110 Å². The van der Waals surface area contributed by atoms with Gasteiger partial charge in [0.25, 0.3) is 5.91 Å². The van der Waals surface area contributed by atoms with Gasteiger partial charge in [0.2, 0.25) is 0 Å². The van der Waals surface area contributed by atoms with Gasteiger partial charge in [-0.15, -0.1) is 0 Å². The highest BCUT2D eigenvalue weighted by Crippen LogP contribution is 2.28. The highest BCUT2D eigenvalue weighted by molar-refractivity contribution is 5.94. The standard InChI is InChI=1S/C13H17F3N2O/c1-2-3-11(17)8-18-12(19)9-4-6-10(7-5-9)13(14,15)16/h4-7,11H,2-3,8,17H2,1H3,(H,18,19). The van der Waals surface area contributed by atoms with Crippen LogP contribution in [0.3, 0.4) is 0 Å². The Kier molecular flexibility index (Phi) is 5.35. The SMILES string of the molecule is CCCC(N)CNC(=O)c1ccc(C(F)(F)F)cc1. The van der Waals surface area contributed by atoms with Gasteiger partial charge in [-0.25, -0.2) is 0 Å². The number of hydrogen-bond donors (Lipinski definition) is 2. The molecular weight excluding hydrogens is 257 g/mol. The van der Waals surface area contributed by atoms with Gasteiger partial charge in [0.1, 0.15) is 0 Å². The van der Waals surface area contributed by atoms with Crippen molar-refractivity contribution in [2.45, 2.75) is 32.0 Å². The van der Waals surface area contributed by atoms with E-state index in [9.17, 15) is 18.0 Å². The van der Waals surface area contributed by atoms with Crippen LogP contribution in [0.15, 0.2) is 24.3 Å². The lowest BCUT2D eigenvalue weighted by atomic mass is 10.1. The van der Waals surface area contributed by atoms with Crippen molar-refractivity contribution in [3.8, 4) is 0 Å². The number of alkyl halides is 3. The van der Waals surface area contributed by atoms with E-state index in [1.54, 1.807) is 0 Å². The third-order valence-corrected chi connectivity index (χ3v) is 2.66. The molecule has 0 bridgehead atoms. The molecule has 1 amide bonds. The minimum Gasteiger partial charge on any atom is -0.350 e. The monoisotopic (exact) mass is 274 g/mol. The summed E-state index contributed by atoms with van der Waals surface area (Å²) < 4.78 is 37.0. The molecule has 1 rings (SSSR count). The second kappa shape index (κ2) is 6.56. The Morgan fingerprint density at radius 1 is 1.32 bits per heavy atom. The van der Waals surface area contributed by atoms with Crippen molar-refractivity contribution in [2.24, 2.45) is 5.73 Å². The molecule has 0 aliphatic heterocycles. The van der Waals surface area contributed by atoms with E-state index in [0.29, 0.717) is 6.54 Å². The van der Waals surface area contributed by atoms with E-state index >= 15 is 0 Å². The first kappa shape index (κ1) is 15.5. The van der Waals surface area contributed by atoms with Crippen LogP contribution in [0.5, 0.6) is 0 Å². The summed E-state index contributed by atoms with van der Waals surface area (Å²) in [6, 6.07) is 3.96. The molecular formula is C13H17F3N2O. The van der Waals surface area contributed by atoms with Crippen molar-refractivity contribution < 1.29 is 18.0 Å². The smallest absolute Gasteiger partial charge is 0.350 e. The summed E-state index contributed by atoms with van der Waals surface area (Å²) in [5, 5.41) is 2.60. The first-order valence-corrected chi connectivity index (χ1v) is 6.05. The lowest BCUT2D eigenvalue weighted by molar-refractivity contribution is -0.137. The molecule has 1 atom stereocenters. The zero-order chi connectivity index (χ0) is 14.5. The second-order valence-electron chi connectivity index (χ2n) is 4.33. The molecule has 19 heavy (non-hydrogen) atoms. The molecule has 0 spiro atoms. The van der Waals surface area contributed by atoms with E-state index in [1.165, 1.54) is 0 Å². The molecule has 1 aromatic rings. The average molecular weight is 274 g/mol. The third kappa shape index (κ3) is 4.90. The maximum atomic E-state index is 12.3. The van der Waals surface area contributed by atoms with Gasteiger partial charge in [0.15, 0.2) is 0 Å². The second-order valence-corrected chi connectivity index (χ2v) is 4.33. The number of carbonyl (C=O) groups is 1. The van der Waals surface area contributed by atoms with Crippen LogP contribution >= 0.6 is 0 Å². The molecule has 3 N–H and O–H groups in total. The van der Waals surface area contributed by atoms with Crippen molar-refractivity contribution in [3.63, 3.8) is 0 Å². The van der Waals surface area contributed by atoms with Gasteiger partial charge in [0.05, 0.1) is 5.56 Å². The van der Waals surface area contributed by atoms with Gasteiger partial charge < -0.3 is 11.1 Å². The zero-order valence-electron chi connectivity index (χ0n) is 10.6. The third-order valence-electron chi connectivity index (χ3n) is 2.66. The van der Waals surface area contributed by atoms with Crippen LogP contribution in [0.2, 0.25) is 0 Å². The van der Waals surface area contributed by atoms with E-state index in [0.717, 1.165) is 37.1 Å². The first-order chi connectivity index (χ1) is 8.84. The fraction of sp³-hybridized carbons (Fsp3) is 0.462. The number of hydrogen-bond acceptors (Lipinski definition) is 2. The van der Waals surface area contributed by atoms with Crippen LogP contribution in [0.4, 0.5) is 13.2 Å². The van der Waals surface area contributed by atoms with E-state index in [1.807, 2.05) is 6.92 Å². The Balaban J connectivity index is 2.59. The molecule has 0 fully saturated rings. The molecule has 1 aromatic carbocycles. The number of nitrogens with one attached hydrogen (secondary N) is 1. The number of nitrogens with two attached hydrogens (primary N) is 1. The van der Waals surface area contributed by atoms with Gasteiger partial charge >= 0.3 is 6.18 Å². The molecule has 0 aliphatic rings. The van der Waals surface area contributed by atoms with Crippen LogP contribution in [0.1, 0.15) is 35.7 Å². The summed E-state index contributed by atoms with van der Waals surface area (Å²) in [6.45, 7) is 2.30. The van der Waals surface area contributed by atoms with Crippen molar-refractivity contribution in [2.75, 3.05) is 6.54 Å². The highest BCUT2D eigenvalue weighted by atomic mass is 19.4. The molecule has 0 saturated carbocycles. The number of halogens is 3. The summed E-state index contributed by atoms with van der Waals surface area (Å²) in [6.07, 6.45) is -2.69. The van der Waals surface area contributed by atoms with Gasteiger partial charge in [0, 0.05) is 18.2 Å². The topological polar surface area (TPSA) is 55.1 Å². The fourth-order valence-electron chi connectivity index (χ4n) is 1.61. The molecule has 0 aromatic heterocycles. The zero-order valence-corrected chi connectivity index (χ0v) is 10.6. The van der Waals surface area contributed by atoms with Crippen molar-refractivity contribution >= 4 is 5.91 Å². The van der Waals surface area contributed by atoms with E-state index in [4.69, 9.17) is 5.73 Å². The summed E-state index contributed by atoms with van der Waals surface area (Å²) >= 11 is 0. The molecule has 0 saturated heterocycles. The summed E-state index contributed by atoms with van der Waals surface area (Å²) in [5.41, 5.74) is 5.15. The van der Waals surface area contributed by atoms with E-state index in [2.05, 4.69) is 5.32 Å². The summed E-state index contributed by atoms with van der Waals surface area (Å²) in [4.78, 5) is 11.7. The van der Waals surface area contributed by atoms with Gasteiger partial charge in [-0.05, 0) is 30.7 Å². The highest BCUT2D eigenvalue weighted by Gasteiger charge is 2.30. The van der Waals surface area contributed by atoms with Gasteiger partial charge in [-0.2, -0.15) is 13.2 Å². The first-order valence-electron chi connectivity index (χ1n) is 6.05. The van der Waals surface area contributed by atoms with E-state index < -0.39 is 17.6 Å². The summed E-state index contributed by atoms with van der Waals surface area (Å²) in [7, 11) is 0. The normalized spacial score (nSPS) is 13.1. The lowest BCUT2D eigenvalue weighted by Crippen LogP contribution is -2.37. The lowest BCUT2D eigenvalue weighted by Gasteiger charge is -2.12. The van der Waals surface area contributed by atoms with Crippen LogP contribution in [-0.2, 0) is 6.18 Å². The molecule has 0 radical (unpaired) electrons. The van der Waals surface area contributed by atoms with Gasteiger partial charge in [-0.1, -0.05) is 13.3 Å². The minimum atomic E-state index is -4.39. The van der Waals surface area contributed by atoms with Crippen molar-refractivity contribution in [1.29, 1.82) is 0 Å². The Hall–Kier alpha value is -1.56. The quantitative estimate of drug-likeness (QED) is 0.867. The van der Waals surface area contributed by atoms with Crippen molar-refractivity contribution in [3.05, 3.63) is 35.4 Å². The molecule has 106 valence electrons. The van der Waals surface area contributed by atoms with Crippen LogP contribution in [0, 0.1) is 0 Å². The molecule has 1 unspecified atom stereocenters. The average Bonchev–Trinajstić information content (AvgIpc) is 2.35. The molecule has 3 nitrogen and oxygen atoms in total. The number of amides is 1. The van der Waals surface area contributed by atoms with Crippen molar-refractivity contribution in [1.82, 2.24) is 5.32 Å². The number of benzene rings is 1. The molecule has 0 heterocycles. The Morgan fingerprint density at radius 3 is 2.37 bits per heavy atom. The largest absolute Gasteiger partial charge is 0.416 e. The van der Waals surface area contributed by atoms with Crippen LogP contribution < -0.4 is 11.1 Å². The van der Waals surface area contributed by atoms with Crippen LogP contribution in [0.25, 0.3) is 0 Å². The predicted octanol–water partition coefficient (Wildman–Crippen LogP) is 2.56. The van der Waals surface area contributed by atoms with Crippen LogP contribution in [-0.4, -0.2) is 18.5 Å². The minimum absolute atomic E-state index is 0.136. The Bertz CT molecular complexity index is 415. The fourth-order valence-corrected chi connectivity index (χ4v) is 1.61. The summed E-state index contributed by atoms with van der Waals surface area (Å²) in [5.74, 6) is -0.416. The maximum Gasteiger partial charge on any atom is 0.416 e.